The number of hydrogen-bond donors (Lipinski definition) is 1. The zero-order chi connectivity index (χ0) is 23.7. The largest absolute Gasteiger partial charge is 0.461 e. The number of esters is 1. The summed E-state index contributed by atoms with van der Waals surface area (Å²) in [6.45, 7) is 1.22. The van der Waals surface area contributed by atoms with Gasteiger partial charge in [-0.25, -0.2) is 0 Å². The molecule has 1 aromatic rings. The van der Waals surface area contributed by atoms with E-state index in [1.165, 1.54) is 12.0 Å². The number of nitrogens with zero attached hydrogens (tertiary/aromatic N) is 1. The average Bonchev–Trinajstić information content (AvgIpc) is 2.84. The number of amides is 2. The molecule has 1 aliphatic heterocycles. The van der Waals surface area contributed by atoms with E-state index in [0.717, 1.165) is 44.9 Å². The van der Waals surface area contributed by atoms with Gasteiger partial charge in [0.25, 0.3) is 0 Å². The third kappa shape index (κ3) is 4.60. The molecule has 3 atom stereocenters. The summed E-state index contributed by atoms with van der Waals surface area (Å²) < 4.78 is 6.11. The molecule has 4 bridgehead atoms. The first-order valence-corrected chi connectivity index (χ1v) is 13.3. The van der Waals surface area contributed by atoms with Crippen LogP contribution in [0.2, 0.25) is 0 Å². The minimum absolute atomic E-state index is 0.187. The van der Waals surface area contributed by atoms with Crippen LogP contribution in [0.1, 0.15) is 69.8 Å². The zero-order valence-electron chi connectivity index (χ0n) is 20.1. The molecule has 1 saturated heterocycles. The first-order valence-electron chi connectivity index (χ1n) is 13.3. The number of hydrogen-bond acceptors (Lipinski definition) is 4. The summed E-state index contributed by atoms with van der Waals surface area (Å²) in [4.78, 5) is 40.2. The Balaban J connectivity index is 1.08. The quantitative estimate of drug-likeness (QED) is 0.465. The highest BCUT2D eigenvalue weighted by Gasteiger charge is 2.62. The van der Waals surface area contributed by atoms with Crippen LogP contribution in [0.15, 0.2) is 30.3 Å². The van der Waals surface area contributed by atoms with Crippen molar-refractivity contribution >= 4 is 17.8 Å². The Hall–Kier alpha value is -2.37. The molecule has 4 saturated carbocycles. The Morgan fingerprint density at radius 3 is 2.29 bits per heavy atom. The predicted octanol–water partition coefficient (Wildman–Crippen LogP) is 3.86. The second-order valence-electron chi connectivity index (χ2n) is 11.3. The number of unbranched alkanes of at least 4 members (excludes halogenated alkanes) is 1. The van der Waals surface area contributed by atoms with Gasteiger partial charge in [-0.15, -0.1) is 0 Å². The summed E-state index contributed by atoms with van der Waals surface area (Å²) >= 11 is 0. The molecule has 4 aliphatic carbocycles. The van der Waals surface area contributed by atoms with Crippen molar-refractivity contribution in [1.82, 2.24) is 4.90 Å². The summed E-state index contributed by atoms with van der Waals surface area (Å²) in [7, 11) is 0. The first-order chi connectivity index (χ1) is 16.4. The van der Waals surface area contributed by atoms with E-state index in [1.807, 2.05) is 23.1 Å². The molecular formula is C28H38N2O4. The summed E-state index contributed by atoms with van der Waals surface area (Å²) in [5.74, 6) is 0.923. The number of ether oxygens (including phenoxy) is 1. The topological polar surface area (TPSA) is 89.7 Å². The average molecular weight is 467 g/mol. The molecule has 2 amide bonds. The van der Waals surface area contributed by atoms with E-state index in [-0.39, 0.29) is 35.7 Å². The molecular weight excluding hydrogens is 428 g/mol. The van der Waals surface area contributed by atoms with Crippen molar-refractivity contribution in [2.45, 2.75) is 76.7 Å². The molecule has 5 fully saturated rings. The lowest BCUT2D eigenvalue weighted by atomic mass is 9.48. The fourth-order valence-corrected chi connectivity index (χ4v) is 7.54. The molecule has 0 aromatic heterocycles. The predicted molar refractivity (Wildman–Crippen MR) is 128 cm³/mol. The lowest BCUT2D eigenvalue weighted by Gasteiger charge is -2.58. The van der Waals surface area contributed by atoms with Gasteiger partial charge in [0.15, 0.2) is 0 Å². The highest BCUT2D eigenvalue weighted by Crippen LogP contribution is 2.61. The monoisotopic (exact) mass is 466 g/mol. The Bertz CT molecular complexity index is 894. The van der Waals surface area contributed by atoms with Gasteiger partial charge in [-0.2, -0.15) is 0 Å². The van der Waals surface area contributed by atoms with Gasteiger partial charge in [0.05, 0.1) is 11.3 Å². The molecule has 5 aliphatic rings. The van der Waals surface area contributed by atoms with E-state index in [9.17, 15) is 14.4 Å². The standard InChI is InChI=1S/C28H38N2O4/c29-27(33)28-17-20-14-21(18-28)16-23(15-20)25(28)34-26(32)22-10-12-30(13-11-22)24(31)9-5-4-8-19-6-2-1-3-7-19/h1-3,6-7,20-23,25H,4-5,8-18H2,(H2,29,33). The molecule has 1 heterocycles. The Kier molecular flexibility index (Phi) is 6.67. The van der Waals surface area contributed by atoms with E-state index >= 15 is 0 Å². The van der Waals surface area contributed by atoms with Gasteiger partial charge < -0.3 is 15.4 Å². The van der Waals surface area contributed by atoms with Crippen molar-refractivity contribution in [2.24, 2.45) is 34.8 Å². The molecule has 6 heteroatoms. The zero-order valence-corrected chi connectivity index (χ0v) is 20.1. The smallest absolute Gasteiger partial charge is 0.309 e. The van der Waals surface area contributed by atoms with E-state index in [0.29, 0.717) is 44.2 Å². The molecule has 6 nitrogen and oxygen atoms in total. The minimum Gasteiger partial charge on any atom is -0.461 e. The van der Waals surface area contributed by atoms with E-state index < -0.39 is 5.41 Å². The van der Waals surface area contributed by atoms with Crippen LogP contribution in [-0.4, -0.2) is 41.9 Å². The number of rotatable bonds is 8. The molecule has 0 spiro atoms. The fraction of sp³-hybridized carbons (Fsp3) is 0.679. The van der Waals surface area contributed by atoms with Crippen molar-refractivity contribution in [3.63, 3.8) is 0 Å². The number of likely N-dealkylation sites (tertiary alicyclic amines) is 1. The summed E-state index contributed by atoms with van der Waals surface area (Å²) in [6, 6.07) is 10.4. The van der Waals surface area contributed by atoms with Gasteiger partial charge in [0.2, 0.25) is 11.8 Å². The Morgan fingerprint density at radius 1 is 0.971 bits per heavy atom. The highest BCUT2D eigenvalue weighted by molar-refractivity contribution is 5.83. The van der Waals surface area contributed by atoms with Crippen molar-refractivity contribution < 1.29 is 19.1 Å². The Labute approximate surface area is 202 Å². The lowest BCUT2D eigenvalue weighted by Crippen LogP contribution is -2.62. The molecule has 6 rings (SSSR count). The maximum Gasteiger partial charge on any atom is 0.309 e. The van der Waals surface area contributed by atoms with Crippen LogP contribution in [0.25, 0.3) is 0 Å². The van der Waals surface area contributed by atoms with Gasteiger partial charge in [0, 0.05) is 19.5 Å². The molecule has 0 radical (unpaired) electrons. The maximum atomic E-state index is 13.1. The molecule has 3 unspecified atom stereocenters. The number of benzene rings is 1. The van der Waals surface area contributed by atoms with Crippen molar-refractivity contribution in [2.75, 3.05) is 13.1 Å². The van der Waals surface area contributed by atoms with Gasteiger partial charge >= 0.3 is 5.97 Å². The molecule has 184 valence electrons. The third-order valence-corrected chi connectivity index (χ3v) is 9.08. The number of nitrogens with two attached hydrogens (primary N) is 1. The summed E-state index contributed by atoms with van der Waals surface area (Å²) in [6.07, 6.45) is 9.26. The van der Waals surface area contributed by atoms with E-state index in [2.05, 4.69) is 12.1 Å². The second-order valence-corrected chi connectivity index (χ2v) is 11.3. The maximum absolute atomic E-state index is 13.1. The van der Waals surface area contributed by atoms with Crippen LogP contribution >= 0.6 is 0 Å². The number of aryl methyl sites for hydroxylation is 1. The van der Waals surface area contributed by atoms with Crippen LogP contribution < -0.4 is 5.73 Å². The minimum atomic E-state index is -0.652. The number of primary amides is 1. The normalized spacial score (nSPS) is 32.5. The summed E-state index contributed by atoms with van der Waals surface area (Å²) in [5, 5.41) is 0. The number of carbonyl (C=O) groups is 3. The third-order valence-electron chi connectivity index (χ3n) is 9.08. The van der Waals surface area contributed by atoms with Crippen LogP contribution in [-0.2, 0) is 25.5 Å². The van der Waals surface area contributed by atoms with Crippen LogP contribution in [0.5, 0.6) is 0 Å². The van der Waals surface area contributed by atoms with Gasteiger partial charge in [-0.3, -0.25) is 14.4 Å². The van der Waals surface area contributed by atoms with E-state index in [1.54, 1.807) is 0 Å². The van der Waals surface area contributed by atoms with Crippen molar-refractivity contribution in [1.29, 1.82) is 0 Å². The molecule has 34 heavy (non-hydrogen) atoms. The fourth-order valence-electron chi connectivity index (χ4n) is 7.54. The highest BCUT2D eigenvalue weighted by atomic mass is 16.5. The molecule has 2 N–H and O–H groups in total. The van der Waals surface area contributed by atoms with Gasteiger partial charge in [-0.05, 0) is 87.5 Å². The molecule has 1 aromatic carbocycles. The van der Waals surface area contributed by atoms with Crippen LogP contribution in [0.3, 0.4) is 0 Å². The van der Waals surface area contributed by atoms with Crippen LogP contribution in [0.4, 0.5) is 0 Å². The Morgan fingerprint density at radius 2 is 1.65 bits per heavy atom. The lowest BCUT2D eigenvalue weighted by molar-refractivity contribution is -0.199. The number of piperidine rings is 1. The van der Waals surface area contributed by atoms with Crippen LogP contribution in [0, 0.1) is 29.1 Å². The number of carbonyl (C=O) groups excluding carboxylic acids is 3. The van der Waals surface area contributed by atoms with Gasteiger partial charge in [0.1, 0.15) is 6.10 Å². The second kappa shape index (κ2) is 9.71. The van der Waals surface area contributed by atoms with Gasteiger partial charge in [-0.1, -0.05) is 30.3 Å². The SMILES string of the molecule is NC(=O)C12CC3CC(CC(C3)C1OC(=O)C1CCN(C(=O)CCCCc3ccccc3)CC1)C2. The van der Waals surface area contributed by atoms with E-state index in [4.69, 9.17) is 10.5 Å². The van der Waals surface area contributed by atoms with Crippen molar-refractivity contribution in [3.05, 3.63) is 35.9 Å². The van der Waals surface area contributed by atoms with Crippen molar-refractivity contribution in [3.8, 4) is 0 Å². The first kappa shape index (κ1) is 23.4. The summed E-state index contributed by atoms with van der Waals surface area (Å²) in [5.41, 5.74) is 6.56.